The highest BCUT2D eigenvalue weighted by molar-refractivity contribution is 7.13. The van der Waals surface area contributed by atoms with Crippen LogP contribution in [0.15, 0.2) is 27.1 Å². The van der Waals surface area contributed by atoms with Gasteiger partial charge in [0, 0.05) is 4.88 Å². The molecule has 0 saturated heterocycles. The van der Waals surface area contributed by atoms with Gasteiger partial charge in [0.05, 0.1) is 12.7 Å². The Kier molecular flexibility index (Phi) is 1.77. The first kappa shape index (κ1) is 8.19. The molecule has 4 heteroatoms. The van der Waals surface area contributed by atoms with Crippen LogP contribution in [0.3, 0.4) is 0 Å². The van der Waals surface area contributed by atoms with Crippen LogP contribution in [0.1, 0.15) is 0 Å². The predicted octanol–water partition coefficient (Wildman–Crippen LogP) is 1.02. The molecule has 66 valence electrons. The summed E-state index contributed by atoms with van der Waals surface area (Å²) in [5.41, 5.74) is -0.548. The molecule has 3 nitrogen and oxygen atoms in total. The topological polar surface area (TPSA) is 43.4 Å². The number of methoxy groups -OCH3 is 1. The van der Waals surface area contributed by atoms with Gasteiger partial charge in [0.25, 0.3) is 5.43 Å². The van der Waals surface area contributed by atoms with E-state index in [-0.39, 0.29) is 5.75 Å². The van der Waals surface area contributed by atoms with Crippen molar-refractivity contribution in [1.82, 2.24) is 0 Å². The van der Waals surface area contributed by atoms with Gasteiger partial charge in [0.15, 0.2) is 5.75 Å². The van der Waals surface area contributed by atoms with Gasteiger partial charge < -0.3 is 4.74 Å². The molecule has 0 aliphatic rings. The van der Waals surface area contributed by atoms with Gasteiger partial charge in [-0.25, -0.2) is 0 Å². The van der Waals surface area contributed by atoms with Crippen molar-refractivity contribution >= 4 is 11.3 Å². The third kappa shape index (κ3) is 1.02. The van der Waals surface area contributed by atoms with Crippen molar-refractivity contribution in [3.05, 3.63) is 38.0 Å². The SMILES string of the molecule is COc1c(-c2cccs2)c(=O)c1=O. The fourth-order valence-electron chi connectivity index (χ4n) is 1.21. The van der Waals surface area contributed by atoms with Crippen molar-refractivity contribution in [2.45, 2.75) is 0 Å². The van der Waals surface area contributed by atoms with Crippen molar-refractivity contribution in [1.29, 1.82) is 0 Å². The van der Waals surface area contributed by atoms with Crippen LogP contribution in [0.4, 0.5) is 0 Å². The lowest BCUT2D eigenvalue weighted by atomic mass is 10.1. The zero-order chi connectivity index (χ0) is 9.42. The summed E-state index contributed by atoms with van der Waals surface area (Å²) in [5.74, 6) is 0.187. The highest BCUT2D eigenvalue weighted by atomic mass is 32.1. The zero-order valence-corrected chi connectivity index (χ0v) is 7.68. The summed E-state index contributed by atoms with van der Waals surface area (Å²) >= 11 is 1.42. The van der Waals surface area contributed by atoms with Crippen molar-refractivity contribution in [3.63, 3.8) is 0 Å². The molecule has 0 amide bonds. The van der Waals surface area contributed by atoms with Crippen LogP contribution in [0.2, 0.25) is 0 Å². The van der Waals surface area contributed by atoms with Crippen molar-refractivity contribution in [3.8, 4) is 16.2 Å². The molecule has 0 saturated carbocycles. The molecule has 13 heavy (non-hydrogen) atoms. The monoisotopic (exact) mass is 194 g/mol. The molecule has 0 spiro atoms. The fourth-order valence-corrected chi connectivity index (χ4v) is 1.97. The van der Waals surface area contributed by atoms with E-state index in [0.717, 1.165) is 4.88 Å². The van der Waals surface area contributed by atoms with Gasteiger partial charge in [-0.05, 0) is 11.4 Å². The molecule has 0 aliphatic carbocycles. The first-order valence-electron chi connectivity index (χ1n) is 3.67. The van der Waals surface area contributed by atoms with E-state index in [2.05, 4.69) is 0 Å². The number of rotatable bonds is 2. The van der Waals surface area contributed by atoms with E-state index in [1.54, 1.807) is 6.07 Å². The number of hydrogen-bond donors (Lipinski definition) is 0. The van der Waals surface area contributed by atoms with Crippen LogP contribution >= 0.6 is 11.3 Å². The number of ether oxygens (including phenoxy) is 1. The summed E-state index contributed by atoms with van der Waals surface area (Å²) in [4.78, 5) is 22.9. The van der Waals surface area contributed by atoms with Crippen LogP contribution < -0.4 is 15.6 Å². The third-order valence-corrected chi connectivity index (χ3v) is 2.73. The Labute approximate surface area is 77.9 Å². The third-order valence-electron chi connectivity index (χ3n) is 1.84. The summed E-state index contributed by atoms with van der Waals surface area (Å²) in [5, 5.41) is 1.85. The standard InChI is InChI=1S/C9H6O3S/c1-12-9-6(7(10)8(9)11)5-3-2-4-13-5/h2-4H,1H3. The Morgan fingerprint density at radius 3 is 2.62 bits per heavy atom. The van der Waals surface area contributed by atoms with Crippen molar-refractivity contribution < 1.29 is 4.74 Å². The molecule has 2 rings (SSSR count). The molecular weight excluding hydrogens is 188 g/mol. The minimum atomic E-state index is -0.522. The second kappa shape index (κ2) is 2.81. The zero-order valence-electron chi connectivity index (χ0n) is 6.87. The van der Waals surface area contributed by atoms with E-state index in [4.69, 9.17) is 4.74 Å². The van der Waals surface area contributed by atoms with Gasteiger partial charge in [-0.15, -0.1) is 11.3 Å². The molecule has 0 bridgehead atoms. The molecule has 1 aromatic carbocycles. The molecule has 0 atom stereocenters. The van der Waals surface area contributed by atoms with Crippen LogP contribution in [-0.2, 0) is 0 Å². The summed E-state index contributed by atoms with van der Waals surface area (Å²) in [6.07, 6.45) is 0. The van der Waals surface area contributed by atoms with Gasteiger partial charge in [0.2, 0.25) is 5.43 Å². The summed E-state index contributed by atoms with van der Waals surface area (Å²) in [6, 6.07) is 3.62. The quantitative estimate of drug-likeness (QED) is 0.670. The first-order valence-corrected chi connectivity index (χ1v) is 4.55. The van der Waals surface area contributed by atoms with Crippen LogP contribution in [0.5, 0.6) is 5.75 Å². The molecular formula is C9H6O3S. The molecule has 0 fully saturated rings. The number of thiophene rings is 1. The van der Waals surface area contributed by atoms with E-state index >= 15 is 0 Å². The van der Waals surface area contributed by atoms with Crippen LogP contribution in [0, 0.1) is 0 Å². The second-order valence-corrected chi connectivity index (χ2v) is 3.49. The second-order valence-electron chi connectivity index (χ2n) is 2.54. The first-order chi connectivity index (χ1) is 6.25. The smallest absolute Gasteiger partial charge is 0.268 e. The maximum atomic E-state index is 11.1. The average Bonchev–Trinajstić information content (AvgIpc) is 2.64. The van der Waals surface area contributed by atoms with Gasteiger partial charge in [-0.2, -0.15) is 0 Å². The van der Waals surface area contributed by atoms with E-state index in [1.807, 2.05) is 11.4 Å². The summed E-state index contributed by atoms with van der Waals surface area (Å²) in [6.45, 7) is 0. The Bertz CT molecular complexity index is 489. The Hall–Kier alpha value is -1.42. The molecule has 0 aliphatic heterocycles. The summed E-state index contributed by atoms with van der Waals surface area (Å²) < 4.78 is 4.82. The van der Waals surface area contributed by atoms with Crippen molar-refractivity contribution in [2.75, 3.05) is 7.11 Å². The maximum Gasteiger partial charge on any atom is 0.268 e. The maximum absolute atomic E-state index is 11.1. The minimum Gasteiger partial charge on any atom is -0.492 e. The normalized spacial score (nSPS) is 10.5. The lowest BCUT2D eigenvalue weighted by Crippen LogP contribution is -2.33. The molecule has 2 aromatic rings. The predicted molar refractivity (Wildman–Crippen MR) is 51.2 cm³/mol. The molecule has 1 heterocycles. The van der Waals surface area contributed by atoms with Gasteiger partial charge in [0.1, 0.15) is 0 Å². The van der Waals surface area contributed by atoms with Crippen molar-refractivity contribution in [2.24, 2.45) is 0 Å². The minimum absolute atomic E-state index is 0.187. The van der Waals surface area contributed by atoms with Crippen LogP contribution in [-0.4, -0.2) is 7.11 Å². The fraction of sp³-hybridized carbons (Fsp3) is 0.111. The highest BCUT2D eigenvalue weighted by Gasteiger charge is 2.23. The Morgan fingerprint density at radius 2 is 2.08 bits per heavy atom. The van der Waals surface area contributed by atoms with Gasteiger partial charge in [-0.1, -0.05) is 6.07 Å². The van der Waals surface area contributed by atoms with Gasteiger partial charge in [-0.3, -0.25) is 9.59 Å². The molecule has 0 unspecified atom stereocenters. The van der Waals surface area contributed by atoms with E-state index in [0.29, 0.717) is 5.56 Å². The van der Waals surface area contributed by atoms with E-state index < -0.39 is 10.9 Å². The lowest BCUT2D eigenvalue weighted by Gasteiger charge is -2.06. The Balaban J connectivity index is 2.61. The molecule has 0 N–H and O–H groups in total. The molecule has 1 aromatic heterocycles. The molecule has 0 radical (unpaired) electrons. The van der Waals surface area contributed by atoms with E-state index in [1.165, 1.54) is 18.4 Å². The lowest BCUT2D eigenvalue weighted by molar-refractivity contribution is 0.407. The van der Waals surface area contributed by atoms with Crippen LogP contribution in [0.25, 0.3) is 10.4 Å². The Morgan fingerprint density at radius 1 is 1.31 bits per heavy atom. The summed E-state index contributed by atoms with van der Waals surface area (Å²) in [7, 11) is 1.40. The average molecular weight is 194 g/mol. The number of hydrogen-bond acceptors (Lipinski definition) is 4. The van der Waals surface area contributed by atoms with Gasteiger partial charge >= 0.3 is 0 Å². The largest absolute Gasteiger partial charge is 0.492 e. The highest BCUT2D eigenvalue weighted by Crippen LogP contribution is 2.28. The van der Waals surface area contributed by atoms with E-state index in [9.17, 15) is 9.59 Å².